The van der Waals surface area contributed by atoms with Crippen LogP contribution >= 0.6 is 0 Å². The third-order valence-corrected chi connectivity index (χ3v) is 3.68. The molecule has 0 amide bonds. The van der Waals surface area contributed by atoms with Crippen LogP contribution in [0.4, 0.5) is 0 Å². The van der Waals surface area contributed by atoms with Crippen LogP contribution in [0.5, 0.6) is 0 Å². The fourth-order valence-corrected chi connectivity index (χ4v) is 2.84. The molecular weight excluding hydrogens is 248 g/mol. The first kappa shape index (κ1) is 12.0. The number of nitrogens with zero attached hydrogens (tertiary/aromatic N) is 2. The molecule has 3 rings (SSSR count). The van der Waals surface area contributed by atoms with Crippen molar-refractivity contribution in [3.8, 4) is 0 Å². The Morgan fingerprint density at radius 3 is 2.84 bits per heavy atom. The second-order valence-corrected chi connectivity index (χ2v) is 4.82. The molecule has 1 aliphatic heterocycles. The summed E-state index contributed by atoms with van der Waals surface area (Å²) in [6.45, 7) is 0. The van der Waals surface area contributed by atoms with Gasteiger partial charge in [0.1, 0.15) is 6.10 Å². The molecule has 6 nitrogen and oxygen atoms in total. The van der Waals surface area contributed by atoms with Crippen molar-refractivity contribution in [1.82, 2.24) is 0 Å². The van der Waals surface area contributed by atoms with E-state index in [0.717, 1.165) is 24.1 Å². The Morgan fingerprint density at radius 1 is 1.32 bits per heavy atom. The number of hydrogen-bond donors (Lipinski definition) is 0. The Kier molecular flexibility index (Phi) is 3.06. The van der Waals surface area contributed by atoms with E-state index >= 15 is 0 Å². The number of benzene rings is 1. The van der Waals surface area contributed by atoms with Gasteiger partial charge in [-0.3, -0.25) is 0 Å². The Balaban J connectivity index is 1.79. The first-order valence-corrected chi connectivity index (χ1v) is 6.36. The van der Waals surface area contributed by atoms with Gasteiger partial charge in [-0.2, -0.15) is 0 Å². The monoisotopic (exact) mass is 262 g/mol. The quantitative estimate of drug-likeness (QED) is 0.618. The standard InChI is InChI=1S/C13H14N2O4/c16-15(17)19-11-8-4-7-10-12(14-18-13(10)11)9-5-2-1-3-6-9/h1-3,5-6,10-11,13H,4,7-8H2. The normalized spacial score (nSPS) is 29.1. The maximum absolute atomic E-state index is 10.5. The molecule has 0 aromatic heterocycles. The minimum absolute atomic E-state index is 0.0844. The highest BCUT2D eigenvalue weighted by molar-refractivity contribution is 6.03. The SMILES string of the molecule is O=[N+]([O-])OC1CCCC2C(c3ccccc3)=NOC12. The van der Waals surface area contributed by atoms with E-state index in [-0.39, 0.29) is 12.0 Å². The molecule has 1 aliphatic carbocycles. The van der Waals surface area contributed by atoms with Crippen molar-refractivity contribution in [1.29, 1.82) is 0 Å². The summed E-state index contributed by atoms with van der Waals surface area (Å²) in [5, 5.41) is 13.9. The Bertz CT molecular complexity index is 503. The van der Waals surface area contributed by atoms with Gasteiger partial charge in [0, 0.05) is 5.92 Å². The van der Waals surface area contributed by atoms with Crippen molar-refractivity contribution >= 4 is 5.71 Å². The summed E-state index contributed by atoms with van der Waals surface area (Å²) in [7, 11) is 0. The summed E-state index contributed by atoms with van der Waals surface area (Å²) >= 11 is 0. The molecule has 3 atom stereocenters. The van der Waals surface area contributed by atoms with Gasteiger partial charge in [-0.1, -0.05) is 41.9 Å². The highest BCUT2D eigenvalue weighted by Gasteiger charge is 2.44. The van der Waals surface area contributed by atoms with E-state index in [1.54, 1.807) is 0 Å². The zero-order valence-corrected chi connectivity index (χ0v) is 10.3. The lowest BCUT2D eigenvalue weighted by atomic mass is 9.80. The molecule has 1 saturated carbocycles. The lowest BCUT2D eigenvalue weighted by molar-refractivity contribution is -0.771. The summed E-state index contributed by atoms with van der Waals surface area (Å²) in [5.41, 5.74) is 1.89. The van der Waals surface area contributed by atoms with Crippen LogP contribution in [0, 0.1) is 16.0 Å². The smallest absolute Gasteiger partial charge is 0.294 e. The maximum Gasteiger partial charge on any atom is 0.294 e. The zero-order valence-electron chi connectivity index (χ0n) is 10.3. The topological polar surface area (TPSA) is 74.0 Å². The third-order valence-electron chi connectivity index (χ3n) is 3.68. The largest absolute Gasteiger partial charge is 0.389 e. The van der Waals surface area contributed by atoms with E-state index in [0.29, 0.717) is 6.42 Å². The van der Waals surface area contributed by atoms with Crippen molar-refractivity contribution in [2.75, 3.05) is 0 Å². The molecule has 1 aromatic carbocycles. The molecular formula is C13H14N2O4. The van der Waals surface area contributed by atoms with Gasteiger partial charge in [-0.15, -0.1) is 10.1 Å². The third kappa shape index (κ3) is 2.25. The van der Waals surface area contributed by atoms with Gasteiger partial charge in [0.15, 0.2) is 6.10 Å². The fraction of sp³-hybridized carbons (Fsp3) is 0.462. The highest BCUT2D eigenvalue weighted by Crippen LogP contribution is 2.36. The molecule has 19 heavy (non-hydrogen) atoms. The fourth-order valence-electron chi connectivity index (χ4n) is 2.84. The van der Waals surface area contributed by atoms with Crippen LogP contribution in [0.3, 0.4) is 0 Å². The second kappa shape index (κ2) is 4.87. The Morgan fingerprint density at radius 2 is 2.11 bits per heavy atom. The van der Waals surface area contributed by atoms with Crippen molar-refractivity contribution in [3.63, 3.8) is 0 Å². The molecule has 1 heterocycles. The molecule has 2 aliphatic rings. The first-order chi connectivity index (χ1) is 9.25. The van der Waals surface area contributed by atoms with Gasteiger partial charge in [-0.25, -0.2) is 0 Å². The summed E-state index contributed by atoms with van der Waals surface area (Å²) < 4.78 is 0. The predicted octanol–water partition coefficient (Wildman–Crippen LogP) is 2.17. The van der Waals surface area contributed by atoms with E-state index in [2.05, 4.69) is 5.16 Å². The molecule has 1 aromatic rings. The van der Waals surface area contributed by atoms with Crippen molar-refractivity contribution < 1.29 is 14.8 Å². The molecule has 0 spiro atoms. The molecule has 100 valence electrons. The van der Waals surface area contributed by atoms with Gasteiger partial charge in [0.2, 0.25) is 0 Å². The van der Waals surface area contributed by atoms with Crippen LogP contribution in [0.25, 0.3) is 0 Å². The predicted molar refractivity (Wildman–Crippen MR) is 67.1 cm³/mol. The number of oxime groups is 1. The summed E-state index contributed by atoms with van der Waals surface area (Å²) in [5.74, 6) is 0.0844. The van der Waals surface area contributed by atoms with Crippen LogP contribution in [0.15, 0.2) is 35.5 Å². The van der Waals surface area contributed by atoms with E-state index in [9.17, 15) is 10.1 Å². The van der Waals surface area contributed by atoms with Crippen LogP contribution in [-0.2, 0) is 9.68 Å². The van der Waals surface area contributed by atoms with Crippen LogP contribution in [0.2, 0.25) is 0 Å². The molecule has 3 unspecified atom stereocenters. The average Bonchev–Trinajstić information content (AvgIpc) is 2.84. The molecule has 0 radical (unpaired) electrons. The number of rotatable bonds is 3. The molecule has 6 heteroatoms. The lowest BCUT2D eigenvalue weighted by Crippen LogP contribution is -2.41. The van der Waals surface area contributed by atoms with Gasteiger partial charge in [-0.05, 0) is 18.4 Å². The summed E-state index contributed by atoms with van der Waals surface area (Å²) in [6, 6.07) is 9.78. The molecule has 0 N–H and O–H groups in total. The lowest BCUT2D eigenvalue weighted by Gasteiger charge is -2.30. The Labute approximate surface area is 110 Å². The average molecular weight is 262 g/mol. The van der Waals surface area contributed by atoms with Crippen molar-refractivity contribution in [2.24, 2.45) is 11.1 Å². The van der Waals surface area contributed by atoms with E-state index in [4.69, 9.17) is 9.68 Å². The number of hydrogen-bond acceptors (Lipinski definition) is 5. The van der Waals surface area contributed by atoms with E-state index in [1.807, 2.05) is 30.3 Å². The van der Waals surface area contributed by atoms with Gasteiger partial charge in [0.25, 0.3) is 5.09 Å². The van der Waals surface area contributed by atoms with Crippen LogP contribution in [-0.4, -0.2) is 23.0 Å². The van der Waals surface area contributed by atoms with Crippen molar-refractivity contribution in [2.45, 2.75) is 31.5 Å². The number of fused-ring (bicyclic) bond motifs is 1. The van der Waals surface area contributed by atoms with Crippen LogP contribution < -0.4 is 0 Å². The zero-order chi connectivity index (χ0) is 13.2. The van der Waals surface area contributed by atoms with Gasteiger partial charge < -0.3 is 9.68 Å². The van der Waals surface area contributed by atoms with Gasteiger partial charge in [0.05, 0.1) is 5.71 Å². The molecule has 1 fully saturated rings. The van der Waals surface area contributed by atoms with Crippen molar-refractivity contribution in [3.05, 3.63) is 46.0 Å². The second-order valence-electron chi connectivity index (χ2n) is 4.82. The molecule has 0 bridgehead atoms. The summed E-state index contributed by atoms with van der Waals surface area (Å²) in [6.07, 6.45) is 1.60. The minimum Gasteiger partial charge on any atom is -0.389 e. The van der Waals surface area contributed by atoms with E-state index < -0.39 is 11.2 Å². The highest BCUT2D eigenvalue weighted by atomic mass is 17.0. The Hall–Kier alpha value is -2.11. The molecule has 0 saturated heterocycles. The van der Waals surface area contributed by atoms with Crippen LogP contribution in [0.1, 0.15) is 24.8 Å². The first-order valence-electron chi connectivity index (χ1n) is 6.36. The van der Waals surface area contributed by atoms with Gasteiger partial charge >= 0.3 is 0 Å². The minimum atomic E-state index is -0.739. The van der Waals surface area contributed by atoms with E-state index in [1.165, 1.54) is 0 Å². The maximum atomic E-state index is 10.5. The summed E-state index contributed by atoms with van der Waals surface area (Å²) in [4.78, 5) is 20.6.